The van der Waals surface area contributed by atoms with Crippen LogP contribution in [0.5, 0.6) is 5.75 Å². The Balaban J connectivity index is 1.30. The summed E-state index contributed by atoms with van der Waals surface area (Å²) in [5.41, 5.74) is 3.11. The number of nitrogens with zero attached hydrogens (tertiary/aromatic N) is 4. The van der Waals surface area contributed by atoms with Crippen molar-refractivity contribution < 1.29 is 4.74 Å². The Hall–Kier alpha value is -3.61. The summed E-state index contributed by atoms with van der Waals surface area (Å²) in [7, 11) is 1.71. The van der Waals surface area contributed by atoms with Gasteiger partial charge >= 0.3 is 0 Å². The molecule has 1 fully saturated rings. The Morgan fingerprint density at radius 1 is 0.861 bits per heavy atom. The number of ether oxygens (including phenoxy) is 1. The van der Waals surface area contributed by atoms with Crippen LogP contribution in [0.3, 0.4) is 0 Å². The maximum Gasteiger partial charge on any atom is 0.163 e. The minimum Gasteiger partial charge on any atom is -0.497 e. The summed E-state index contributed by atoms with van der Waals surface area (Å²) in [4.78, 5) is 14.6. The minimum absolute atomic E-state index is 0.656. The standard InChI is InChI=1S/C29H30ClN5O/c1-36-24-11-7-8-22(20-24)14-15-34-16-18-35(19-17-34)28-21-27(31-26-13-6-5-12-25(26)30)32-29(33-28)23-9-3-2-4-10-23/h2-13,20-21H,14-19H2,1H3,(H,31,32,33). The van der Waals surface area contributed by atoms with E-state index in [1.807, 2.05) is 66.7 Å². The maximum atomic E-state index is 6.40. The van der Waals surface area contributed by atoms with Crippen molar-refractivity contribution >= 4 is 28.9 Å². The van der Waals surface area contributed by atoms with Gasteiger partial charge in [0.05, 0.1) is 17.8 Å². The average molecular weight is 500 g/mol. The van der Waals surface area contributed by atoms with Crippen molar-refractivity contribution in [3.05, 3.63) is 95.5 Å². The van der Waals surface area contributed by atoms with Crippen molar-refractivity contribution in [1.82, 2.24) is 14.9 Å². The molecule has 184 valence electrons. The van der Waals surface area contributed by atoms with Crippen molar-refractivity contribution in [1.29, 1.82) is 0 Å². The molecule has 0 unspecified atom stereocenters. The number of rotatable bonds is 8. The highest BCUT2D eigenvalue weighted by molar-refractivity contribution is 6.33. The zero-order chi connectivity index (χ0) is 24.7. The van der Waals surface area contributed by atoms with E-state index in [1.165, 1.54) is 5.56 Å². The largest absolute Gasteiger partial charge is 0.497 e. The molecule has 0 bridgehead atoms. The molecular weight excluding hydrogens is 470 g/mol. The highest BCUT2D eigenvalue weighted by Crippen LogP contribution is 2.28. The van der Waals surface area contributed by atoms with Gasteiger partial charge in [0.15, 0.2) is 5.82 Å². The third-order valence-corrected chi connectivity index (χ3v) is 6.76. The van der Waals surface area contributed by atoms with Gasteiger partial charge in [0, 0.05) is 44.4 Å². The van der Waals surface area contributed by atoms with E-state index in [0.717, 1.165) is 67.8 Å². The lowest BCUT2D eigenvalue weighted by Gasteiger charge is -2.35. The van der Waals surface area contributed by atoms with Crippen molar-refractivity contribution in [2.24, 2.45) is 0 Å². The SMILES string of the molecule is COc1cccc(CCN2CCN(c3cc(Nc4ccccc4Cl)nc(-c4ccccc4)n3)CC2)c1. The molecule has 0 atom stereocenters. The van der Waals surface area contributed by atoms with Gasteiger partial charge in [0.25, 0.3) is 0 Å². The summed E-state index contributed by atoms with van der Waals surface area (Å²) in [6.45, 7) is 4.83. The number of anilines is 3. The monoisotopic (exact) mass is 499 g/mol. The van der Waals surface area contributed by atoms with Crippen LogP contribution in [0, 0.1) is 0 Å². The van der Waals surface area contributed by atoms with E-state index in [-0.39, 0.29) is 0 Å². The van der Waals surface area contributed by atoms with Gasteiger partial charge in [-0.15, -0.1) is 0 Å². The normalized spacial score (nSPS) is 14.0. The van der Waals surface area contributed by atoms with Gasteiger partial charge in [0.2, 0.25) is 0 Å². The van der Waals surface area contributed by atoms with Crippen LogP contribution in [-0.2, 0) is 6.42 Å². The van der Waals surface area contributed by atoms with Crippen LogP contribution in [0.15, 0.2) is 84.9 Å². The summed E-state index contributed by atoms with van der Waals surface area (Å²) in [6.07, 6.45) is 1.01. The number of nitrogens with one attached hydrogen (secondary N) is 1. The Bertz CT molecular complexity index is 1290. The number of para-hydroxylation sites is 1. The second kappa shape index (κ2) is 11.4. The van der Waals surface area contributed by atoms with E-state index < -0.39 is 0 Å². The summed E-state index contributed by atoms with van der Waals surface area (Å²) < 4.78 is 5.36. The van der Waals surface area contributed by atoms with E-state index in [1.54, 1.807) is 7.11 Å². The molecule has 0 saturated carbocycles. The molecule has 0 spiro atoms. The van der Waals surface area contributed by atoms with Gasteiger partial charge in [0.1, 0.15) is 17.4 Å². The van der Waals surface area contributed by atoms with Crippen molar-refractivity contribution in [2.75, 3.05) is 50.1 Å². The Labute approximate surface area is 217 Å². The topological polar surface area (TPSA) is 53.5 Å². The van der Waals surface area contributed by atoms with Gasteiger partial charge in [-0.3, -0.25) is 4.90 Å². The first-order chi connectivity index (χ1) is 17.7. The zero-order valence-electron chi connectivity index (χ0n) is 20.4. The molecule has 0 radical (unpaired) electrons. The summed E-state index contributed by atoms with van der Waals surface area (Å²) in [5.74, 6) is 3.26. The summed E-state index contributed by atoms with van der Waals surface area (Å²) in [5, 5.41) is 4.04. The highest BCUT2D eigenvalue weighted by atomic mass is 35.5. The lowest BCUT2D eigenvalue weighted by molar-refractivity contribution is 0.260. The van der Waals surface area contributed by atoms with Crippen LogP contribution in [0.4, 0.5) is 17.3 Å². The van der Waals surface area contributed by atoms with Gasteiger partial charge in [-0.1, -0.05) is 66.2 Å². The van der Waals surface area contributed by atoms with Gasteiger partial charge in [-0.05, 0) is 36.2 Å². The predicted molar refractivity (Wildman–Crippen MR) is 148 cm³/mol. The number of benzene rings is 3. The van der Waals surface area contributed by atoms with Crippen LogP contribution < -0.4 is 15.0 Å². The first kappa shape index (κ1) is 24.1. The van der Waals surface area contributed by atoms with E-state index in [0.29, 0.717) is 10.8 Å². The Morgan fingerprint density at radius 3 is 2.42 bits per heavy atom. The first-order valence-electron chi connectivity index (χ1n) is 12.2. The van der Waals surface area contributed by atoms with E-state index >= 15 is 0 Å². The molecule has 1 aromatic heterocycles. The molecule has 1 aliphatic heterocycles. The minimum atomic E-state index is 0.656. The molecule has 36 heavy (non-hydrogen) atoms. The molecule has 1 aliphatic rings. The van der Waals surface area contributed by atoms with Crippen LogP contribution >= 0.6 is 11.6 Å². The predicted octanol–water partition coefficient (Wildman–Crippen LogP) is 5.91. The fraction of sp³-hybridized carbons (Fsp3) is 0.241. The molecule has 2 heterocycles. The third kappa shape index (κ3) is 5.96. The van der Waals surface area contributed by atoms with Gasteiger partial charge in [-0.2, -0.15) is 0 Å². The summed E-state index contributed by atoms with van der Waals surface area (Å²) in [6, 6.07) is 28.1. The van der Waals surface area contributed by atoms with Crippen molar-refractivity contribution in [3.63, 3.8) is 0 Å². The molecule has 1 saturated heterocycles. The molecule has 6 nitrogen and oxygen atoms in total. The molecule has 3 aromatic carbocycles. The lowest BCUT2D eigenvalue weighted by atomic mass is 10.1. The number of methoxy groups -OCH3 is 1. The smallest absolute Gasteiger partial charge is 0.163 e. The van der Waals surface area contributed by atoms with Gasteiger partial charge in [-0.25, -0.2) is 9.97 Å². The number of hydrogen-bond acceptors (Lipinski definition) is 6. The molecule has 0 amide bonds. The maximum absolute atomic E-state index is 6.40. The molecule has 4 aromatic rings. The fourth-order valence-electron chi connectivity index (χ4n) is 4.39. The second-order valence-electron chi connectivity index (χ2n) is 8.84. The zero-order valence-corrected chi connectivity index (χ0v) is 21.2. The molecule has 7 heteroatoms. The molecule has 0 aliphatic carbocycles. The quantitative estimate of drug-likeness (QED) is 0.325. The van der Waals surface area contributed by atoms with Crippen molar-refractivity contribution in [2.45, 2.75) is 6.42 Å². The Kier molecular flexibility index (Phi) is 7.64. The van der Waals surface area contributed by atoms with Crippen molar-refractivity contribution in [3.8, 4) is 17.1 Å². The number of hydrogen-bond donors (Lipinski definition) is 1. The number of aromatic nitrogens is 2. The van der Waals surface area contributed by atoms with Gasteiger partial charge < -0.3 is 15.0 Å². The number of halogens is 1. The first-order valence-corrected chi connectivity index (χ1v) is 12.6. The molecule has 1 N–H and O–H groups in total. The molecule has 5 rings (SSSR count). The average Bonchev–Trinajstić information content (AvgIpc) is 2.94. The lowest BCUT2D eigenvalue weighted by Crippen LogP contribution is -2.47. The Morgan fingerprint density at radius 2 is 1.64 bits per heavy atom. The van der Waals surface area contributed by atoms with E-state index in [4.69, 9.17) is 26.3 Å². The van der Waals surface area contributed by atoms with Crippen LogP contribution in [-0.4, -0.2) is 54.7 Å². The second-order valence-corrected chi connectivity index (χ2v) is 9.24. The number of piperazine rings is 1. The van der Waals surface area contributed by atoms with E-state index in [9.17, 15) is 0 Å². The van der Waals surface area contributed by atoms with Crippen LogP contribution in [0.25, 0.3) is 11.4 Å². The summed E-state index contributed by atoms with van der Waals surface area (Å²) >= 11 is 6.40. The highest BCUT2D eigenvalue weighted by Gasteiger charge is 2.20. The van der Waals surface area contributed by atoms with E-state index in [2.05, 4.69) is 33.3 Å². The fourth-order valence-corrected chi connectivity index (χ4v) is 4.58. The van der Waals surface area contributed by atoms with Crippen LogP contribution in [0.1, 0.15) is 5.56 Å². The van der Waals surface area contributed by atoms with Crippen LogP contribution in [0.2, 0.25) is 5.02 Å². The third-order valence-electron chi connectivity index (χ3n) is 6.43. The molecular formula is C29H30ClN5O.